The highest BCUT2D eigenvalue weighted by molar-refractivity contribution is 5.90. The molecule has 0 bridgehead atoms. The summed E-state index contributed by atoms with van der Waals surface area (Å²) in [5.41, 5.74) is 0.926. The summed E-state index contributed by atoms with van der Waals surface area (Å²) in [6, 6.07) is 2.76. The Kier molecular flexibility index (Phi) is 4.51. The number of methoxy groups -OCH3 is 1. The van der Waals surface area contributed by atoms with E-state index in [1.54, 1.807) is 13.0 Å². The summed E-state index contributed by atoms with van der Waals surface area (Å²) in [4.78, 5) is 23.2. The molecule has 0 atom stereocenters. The Morgan fingerprint density at radius 1 is 1.12 bits per heavy atom. The number of aldehydes is 1. The van der Waals surface area contributed by atoms with Gasteiger partial charge in [0.25, 0.3) is 6.43 Å². The van der Waals surface area contributed by atoms with E-state index in [0.717, 1.165) is 0 Å². The molecule has 0 radical (unpaired) electrons. The molecule has 3 rings (SSSR count). The second-order valence-corrected chi connectivity index (χ2v) is 5.13. The van der Waals surface area contributed by atoms with Crippen molar-refractivity contribution >= 4 is 6.29 Å². The van der Waals surface area contributed by atoms with Crippen molar-refractivity contribution in [1.29, 1.82) is 0 Å². The standard InChI is InChI=1S/C17H13F2N3O3/c1-9-20-7-16(25-9)13-3-11(10(8-23)5-21-13)12-4-14(17(18)19)22-6-15(12)24-2/h3-8,17H,1-2H3. The van der Waals surface area contributed by atoms with E-state index >= 15 is 0 Å². The number of hydrogen-bond donors (Lipinski definition) is 0. The zero-order chi connectivity index (χ0) is 18.0. The Balaban J connectivity index is 2.21. The fourth-order valence-corrected chi connectivity index (χ4v) is 2.36. The second-order valence-electron chi connectivity index (χ2n) is 5.13. The Morgan fingerprint density at radius 3 is 2.52 bits per heavy atom. The third kappa shape index (κ3) is 3.23. The molecule has 0 saturated heterocycles. The maximum absolute atomic E-state index is 13.0. The van der Waals surface area contributed by atoms with E-state index in [2.05, 4.69) is 15.0 Å². The molecule has 0 saturated carbocycles. The van der Waals surface area contributed by atoms with Gasteiger partial charge in [0.1, 0.15) is 17.1 Å². The number of aromatic nitrogens is 3. The first-order chi connectivity index (χ1) is 12.0. The highest BCUT2D eigenvalue weighted by atomic mass is 19.3. The highest BCUT2D eigenvalue weighted by Gasteiger charge is 2.18. The van der Waals surface area contributed by atoms with Gasteiger partial charge >= 0.3 is 0 Å². The van der Waals surface area contributed by atoms with Gasteiger partial charge in [0.2, 0.25) is 0 Å². The van der Waals surface area contributed by atoms with Gasteiger partial charge in [-0.1, -0.05) is 0 Å². The predicted molar refractivity (Wildman–Crippen MR) is 84.6 cm³/mol. The van der Waals surface area contributed by atoms with Crippen molar-refractivity contribution < 1.29 is 22.7 Å². The van der Waals surface area contributed by atoms with Crippen LogP contribution in [0.2, 0.25) is 0 Å². The van der Waals surface area contributed by atoms with Crippen LogP contribution >= 0.6 is 0 Å². The maximum atomic E-state index is 13.0. The molecule has 0 aliphatic rings. The maximum Gasteiger partial charge on any atom is 0.280 e. The summed E-state index contributed by atoms with van der Waals surface area (Å²) in [6.45, 7) is 1.69. The lowest BCUT2D eigenvalue weighted by Gasteiger charge is -2.12. The van der Waals surface area contributed by atoms with Crippen LogP contribution in [0.5, 0.6) is 5.75 Å². The first-order valence-electron chi connectivity index (χ1n) is 7.24. The molecule has 128 valence electrons. The summed E-state index contributed by atoms with van der Waals surface area (Å²) in [5, 5.41) is 0. The molecule has 0 fully saturated rings. The second kappa shape index (κ2) is 6.76. The number of ether oxygens (including phenoxy) is 1. The Hall–Kier alpha value is -3.16. The van der Waals surface area contributed by atoms with E-state index in [1.807, 2.05) is 0 Å². The van der Waals surface area contributed by atoms with E-state index in [4.69, 9.17) is 9.15 Å². The van der Waals surface area contributed by atoms with Gasteiger partial charge in [-0.3, -0.25) is 14.8 Å². The van der Waals surface area contributed by atoms with Crippen molar-refractivity contribution in [1.82, 2.24) is 15.0 Å². The molecule has 0 amide bonds. The summed E-state index contributed by atoms with van der Waals surface area (Å²) in [5.74, 6) is 1.12. The molecule has 25 heavy (non-hydrogen) atoms. The van der Waals surface area contributed by atoms with Crippen LogP contribution in [0, 0.1) is 6.92 Å². The molecule has 6 nitrogen and oxygen atoms in total. The number of halogens is 2. The highest BCUT2D eigenvalue weighted by Crippen LogP contribution is 2.35. The zero-order valence-corrected chi connectivity index (χ0v) is 13.4. The summed E-state index contributed by atoms with van der Waals surface area (Å²) < 4.78 is 36.7. The fraction of sp³-hybridized carbons (Fsp3) is 0.176. The summed E-state index contributed by atoms with van der Waals surface area (Å²) in [6.07, 6.45) is 1.89. The lowest BCUT2D eigenvalue weighted by molar-refractivity contribution is 0.112. The van der Waals surface area contributed by atoms with Crippen molar-refractivity contribution in [2.45, 2.75) is 13.3 Å². The van der Waals surface area contributed by atoms with E-state index in [0.29, 0.717) is 34.8 Å². The van der Waals surface area contributed by atoms with Gasteiger partial charge in [0, 0.05) is 24.2 Å². The molecular formula is C17H13F2N3O3. The minimum absolute atomic E-state index is 0.227. The van der Waals surface area contributed by atoms with E-state index < -0.39 is 12.1 Å². The molecular weight excluding hydrogens is 332 g/mol. The monoisotopic (exact) mass is 345 g/mol. The lowest BCUT2D eigenvalue weighted by atomic mass is 10.00. The Morgan fingerprint density at radius 2 is 1.92 bits per heavy atom. The summed E-state index contributed by atoms with van der Waals surface area (Å²) in [7, 11) is 1.39. The van der Waals surface area contributed by atoms with Gasteiger partial charge < -0.3 is 9.15 Å². The van der Waals surface area contributed by atoms with Crippen molar-refractivity contribution in [3.05, 3.63) is 47.9 Å². The largest absolute Gasteiger partial charge is 0.494 e. The number of carbonyl (C=O) groups excluding carboxylic acids is 1. The van der Waals surface area contributed by atoms with Crippen LogP contribution in [0.1, 0.15) is 28.4 Å². The number of rotatable bonds is 5. The summed E-state index contributed by atoms with van der Waals surface area (Å²) >= 11 is 0. The molecule has 0 aromatic carbocycles. The number of carbonyl (C=O) groups is 1. The fourth-order valence-electron chi connectivity index (χ4n) is 2.36. The van der Waals surface area contributed by atoms with Crippen molar-refractivity contribution in [2.24, 2.45) is 0 Å². The molecule has 8 heteroatoms. The Labute approximate surface area is 141 Å². The molecule has 0 unspecified atom stereocenters. The van der Waals surface area contributed by atoms with Crippen molar-refractivity contribution in [2.75, 3.05) is 7.11 Å². The van der Waals surface area contributed by atoms with Crippen LogP contribution < -0.4 is 4.74 Å². The van der Waals surface area contributed by atoms with Gasteiger partial charge in [-0.15, -0.1) is 0 Å². The van der Waals surface area contributed by atoms with Crippen LogP contribution in [-0.2, 0) is 0 Å². The minimum atomic E-state index is -2.75. The average Bonchev–Trinajstić information content (AvgIpc) is 3.07. The van der Waals surface area contributed by atoms with Gasteiger partial charge in [-0.05, 0) is 17.7 Å². The first-order valence-corrected chi connectivity index (χ1v) is 7.24. The number of oxazole rings is 1. The smallest absolute Gasteiger partial charge is 0.280 e. The van der Waals surface area contributed by atoms with E-state index in [1.165, 1.54) is 31.8 Å². The van der Waals surface area contributed by atoms with Crippen LogP contribution in [0.25, 0.3) is 22.6 Å². The average molecular weight is 345 g/mol. The van der Waals surface area contributed by atoms with Crippen LogP contribution in [-0.4, -0.2) is 28.3 Å². The van der Waals surface area contributed by atoms with Crippen LogP contribution in [0.4, 0.5) is 8.78 Å². The van der Waals surface area contributed by atoms with E-state index in [9.17, 15) is 13.6 Å². The molecule has 3 aromatic heterocycles. The predicted octanol–water partition coefficient (Wildman–Crippen LogP) is 3.87. The van der Waals surface area contributed by atoms with Gasteiger partial charge in [0.05, 0.1) is 19.5 Å². The van der Waals surface area contributed by atoms with Crippen LogP contribution in [0.3, 0.4) is 0 Å². The molecule has 0 spiro atoms. The molecule has 0 aliphatic carbocycles. The lowest BCUT2D eigenvalue weighted by Crippen LogP contribution is -1.98. The molecule has 0 N–H and O–H groups in total. The molecule has 0 aliphatic heterocycles. The molecule has 3 heterocycles. The van der Waals surface area contributed by atoms with Crippen molar-refractivity contribution in [3.63, 3.8) is 0 Å². The first kappa shape index (κ1) is 16.7. The van der Waals surface area contributed by atoms with Gasteiger partial charge in [-0.25, -0.2) is 13.8 Å². The number of alkyl halides is 2. The SMILES string of the molecule is COc1cnc(C(F)F)cc1-c1cc(-c2cnc(C)o2)ncc1C=O. The number of nitrogens with zero attached hydrogens (tertiary/aromatic N) is 3. The van der Waals surface area contributed by atoms with Gasteiger partial charge in [-0.2, -0.15) is 0 Å². The number of pyridine rings is 2. The topological polar surface area (TPSA) is 78.1 Å². The van der Waals surface area contributed by atoms with E-state index in [-0.39, 0.29) is 11.3 Å². The van der Waals surface area contributed by atoms with Crippen molar-refractivity contribution in [3.8, 4) is 28.3 Å². The third-order valence-corrected chi connectivity index (χ3v) is 3.56. The minimum Gasteiger partial charge on any atom is -0.494 e. The van der Waals surface area contributed by atoms with Crippen LogP contribution in [0.15, 0.2) is 35.1 Å². The quantitative estimate of drug-likeness (QED) is 0.653. The Bertz CT molecular complexity index is 925. The molecule has 3 aromatic rings. The van der Waals surface area contributed by atoms with Gasteiger partial charge in [0.15, 0.2) is 17.9 Å². The number of aryl methyl sites for hydroxylation is 1. The number of hydrogen-bond acceptors (Lipinski definition) is 6. The normalized spacial score (nSPS) is 10.9. The third-order valence-electron chi connectivity index (χ3n) is 3.56. The zero-order valence-electron chi connectivity index (χ0n) is 13.4.